The van der Waals surface area contributed by atoms with E-state index in [4.69, 9.17) is 11.5 Å². The lowest BCUT2D eigenvalue weighted by Gasteiger charge is -2.12. The molecule has 1 aromatic rings. The van der Waals surface area contributed by atoms with Gasteiger partial charge in [0.2, 0.25) is 0 Å². The van der Waals surface area contributed by atoms with Crippen LogP contribution < -0.4 is 0 Å². The van der Waals surface area contributed by atoms with Crippen LogP contribution in [0.2, 0.25) is 0 Å². The Balaban J connectivity index is 2.80. The lowest BCUT2D eigenvalue weighted by molar-refractivity contribution is 0.0541. The molecule has 0 saturated heterocycles. The summed E-state index contributed by atoms with van der Waals surface area (Å²) in [7, 11) is 0. The Morgan fingerprint density at radius 1 is 1.17 bits per heavy atom. The molecule has 0 aliphatic rings. The van der Waals surface area contributed by atoms with Gasteiger partial charge in [0.25, 0.3) is 0 Å². The predicted octanol–water partition coefficient (Wildman–Crippen LogP) is 0.714. The van der Waals surface area contributed by atoms with Crippen LogP contribution in [0.25, 0.3) is 0 Å². The van der Waals surface area contributed by atoms with Crippen LogP contribution >= 0.6 is 0 Å². The van der Waals surface area contributed by atoms with E-state index in [2.05, 4.69) is 5.92 Å². The summed E-state index contributed by atoms with van der Waals surface area (Å²) in [6.45, 7) is 0. The van der Waals surface area contributed by atoms with Crippen molar-refractivity contribution in [1.82, 2.24) is 0 Å². The van der Waals surface area contributed by atoms with Crippen molar-refractivity contribution in [1.29, 1.82) is 0 Å². The van der Waals surface area contributed by atoms with Gasteiger partial charge in [-0.05, 0) is 5.56 Å². The lowest BCUT2D eigenvalue weighted by atomic mass is 10.1. The fourth-order valence-corrected chi connectivity index (χ4v) is 0.924. The first kappa shape index (κ1) is 8.79. The van der Waals surface area contributed by atoms with Crippen molar-refractivity contribution in [3.63, 3.8) is 0 Å². The smallest absolute Gasteiger partial charge is 0.144 e. The molecule has 1 aromatic carbocycles. The topological polar surface area (TPSA) is 40.5 Å². The number of aliphatic hydroxyl groups excluding tert-OH is 2. The fraction of sp³-hybridized carbons (Fsp3) is 0.200. The normalized spacial score (nSPS) is 14.8. The molecule has 2 heteroatoms. The molecule has 0 aliphatic heterocycles. The van der Waals surface area contributed by atoms with Gasteiger partial charge in [-0.25, -0.2) is 0 Å². The Hall–Kier alpha value is -1.30. The second-order valence-corrected chi connectivity index (χ2v) is 2.47. The van der Waals surface area contributed by atoms with Crippen molar-refractivity contribution < 1.29 is 10.2 Å². The molecule has 0 saturated carbocycles. The van der Waals surface area contributed by atoms with Gasteiger partial charge in [0, 0.05) is 0 Å². The van der Waals surface area contributed by atoms with Crippen molar-refractivity contribution >= 4 is 0 Å². The zero-order valence-corrected chi connectivity index (χ0v) is 6.51. The second kappa shape index (κ2) is 3.91. The minimum Gasteiger partial charge on any atom is -0.385 e. The SMILES string of the molecule is C#C[C@@H](O)[C@@H](O)c1ccccc1. The van der Waals surface area contributed by atoms with Gasteiger partial charge >= 0.3 is 0 Å². The van der Waals surface area contributed by atoms with E-state index in [-0.39, 0.29) is 0 Å². The second-order valence-electron chi connectivity index (χ2n) is 2.47. The average Bonchev–Trinajstić information content (AvgIpc) is 2.17. The molecule has 0 aromatic heterocycles. The van der Waals surface area contributed by atoms with Crippen LogP contribution in [-0.2, 0) is 0 Å². The molecule has 0 heterocycles. The summed E-state index contributed by atoms with van der Waals surface area (Å²) in [5, 5.41) is 18.5. The highest BCUT2D eigenvalue weighted by atomic mass is 16.3. The number of hydrogen-bond acceptors (Lipinski definition) is 2. The van der Waals surface area contributed by atoms with E-state index in [1.54, 1.807) is 24.3 Å². The summed E-state index contributed by atoms with van der Waals surface area (Å²) in [6, 6.07) is 8.82. The van der Waals surface area contributed by atoms with Crippen molar-refractivity contribution in [2.75, 3.05) is 0 Å². The maximum absolute atomic E-state index is 9.40. The van der Waals surface area contributed by atoms with Crippen molar-refractivity contribution in [2.24, 2.45) is 0 Å². The molecule has 0 bridgehead atoms. The number of aliphatic hydroxyl groups is 2. The van der Waals surface area contributed by atoms with Crippen molar-refractivity contribution in [3.8, 4) is 12.3 Å². The van der Waals surface area contributed by atoms with Gasteiger partial charge in [-0.1, -0.05) is 36.3 Å². The number of terminal acetylenes is 1. The first-order valence-electron chi connectivity index (χ1n) is 3.63. The monoisotopic (exact) mass is 162 g/mol. The molecule has 1 rings (SSSR count). The number of benzene rings is 1. The summed E-state index contributed by atoms with van der Waals surface area (Å²) in [5.41, 5.74) is 0.628. The quantitative estimate of drug-likeness (QED) is 0.629. The molecule has 62 valence electrons. The van der Waals surface area contributed by atoms with Gasteiger partial charge in [0.05, 0.1) is 0 Å². The van der Waals surface area contributed by atoms with Gasteiger partial charge in [-0.2, -0.15) is 0 Å². The summed E-state index contributed by atoms with van der Waals surface area (Å²) in [6.07, 6.45) is 2.83. The van der Waals surface area contributed by atoms with Crippen LogP contribution in [0.15, 0.2) is 30.3 Å². The maximum Gasteiger partial charge on any atom is 0.144 e. The van der Waals surface area contributed by atoms with Crippen LogP contribution in [0.5, 0.6) is 0 Å². The maximum atomic E-state index is 9.40. The third kappa shape index (κ3) is 1.85. The minimum absolute atomic E-state index is 0.628. The van der Waals surface area contributed by atoms with E-state index < -0.39 is 12.2 Å². The first-order chi connectivity index (χ1) is 5.75. The minimum atomic E-state index is -1.13. The Kier molecular flexibility index (Phi) is 2.87. The van der Waals surface area contributed by atoms with Crippen LogP contribution in [0.1, 0.15) is 11.7 Å². The third-order valence-electron chi connectivity index (χ3n) is 1.61. The summed E-state index contributed by atoms with van der Waals surface area (Å²) in [4.78, 5) is 0. The molecule has 0 fully saturated rings. The molecular formula is C10H10O2. The van der Waals surface area contributed by atoms with E-state index >= 15 is 0 Å². The highest BCUT2D eigenvalue weighted by Gasteiger charge is 2.14. The molecule has 2 atom stereocenters. The third-order valence-corrected chi connectivity index (χ3v) is 1.61. The van der Waals surface area contributed by atoms with Crippen LogP contribution in [0, 0.1) is 12.3 Å². The van der Waals surface area contributed by atoms with Gasteiger partial charge < -0.3 is 10.2 Å². The molecular weight excluding hydrogens is 152 g/mol. The molecule has 12 heavy (non-hydrogen) atoms. The van der Waals surface area contributed by atoms with Crippen LogP contribution in [-0.4, -0.2) is 16.3 Å². The van der Waals surface area contributed by atoms with E-state index in [9.17, 15) is 5.11 Å². The summed E-state index contributed by atoms with van der Waals surface area (Å²) < 4.78 is 0. The van der Waals surface area contributed by atoms with Gasteiger partial charge in [-0.3, -0.25) is 0 Å². The number of rotatable bonds is 2. The zero-order valence-electron chi connectivity index (χ0n) is 6.51. The molecule has 0 radical (unpaired) electrons. The van der Waals surface area contributed by atoms with Gasteiger partial charge in [-0.15, -0.1) is 6.42 Å². The zero-order chi connectivity index (χ0) is 8.97. The highest BCUT2D eigenvalue weighted by Crippen LogP contribution is 2.15. The molecule has 0 unspecified atom stereocenters. The van der Waals surface area contributed by atoms with Crippen molar-refractivity contribution in [2.45, 2.75) is 12.2 Å². The number of hydrogen-bond donors (Lipinski definition) is 2. The average molecular weight is 162 g/mol. The fourth-order valence-electron chi connectivity index (χ4n) is 0.924. The first-order valence-corrected chi connectivity index (χ1v) is 3.63. The van der Waals surface area contributed by atoms with Gasteiger partial charge in [0.1, 0.15) is 12.2 Å². The van der Waals surface area contributed by atoms with E-state index in [1.165, 1.54) is 0 Å². The lowest BCUT2D eigenvalue weighted by Crippen LogP contribution is -2.15. The summed E-state index contributed by atoms with van der Waals surface area (Å²) >= 11 is 0. The molecule has 0 aliphatic carbocycles. The largest absolute Gasteiger partial charge is 0.385 e. The van der Waals surface area contributed by atoms with Crippen molar-refractivity contribution in [3.05, 3.63) is 35.9 Å². The molecule has 2 nitrogen and oxygen atoms in total. The van der Waals surface area contributed by atoms with E-state index in [0.717, 1.165) is 0 Å². The van der Waals surface area contributed by atoms with Gasteiger partial charge in [0.15, 0.2) is 0 Å². The Morgan fingerprint density at radius 2 is 1.75 bits per heavy atom. The Labute approximate surface area is 71.5 Å². The Bertz CT molecular complexity index is 274. The molecule has 2 N–H and O–H groups in total. The molecule has 0 spiro atoms. The predicted molar refractivity (Wildman–Crippen MR) is 46.2 cm³/mol. The molecule has 0 amide bonds. The van der Waals surface area contributed by atoms with E-state index in [1.807, 2.05) is 6.07 Å². The van der Waals surface area contributed by atoms with E-state index in [0.29, 0.717) is 5.56 Å². The summed E-state index contributed by atoms with van der Waals surface area (Å²) in [5.74, 6) is 2.07. The van der Waals surface area contributed by atoms with Crippen LogP contribution in [0.3, 0.4) is 0 Å². The standard InChI is InChI=1S/C10H10O2/c1-2-9(11)10(12)8-6-4-3-5-7-8/h1,3-7,9-12H/t9-,10+/m1/s1. The Morgan fingerprint density at radius 3 is 2.25 bits per heavy atom. The highest BCUT2D eigenvalue weighted by molar-refractivity contribution is 5.20. The van der Waals surface area contributed by atoms with Crippen LogP contribution in [0.4, 0.5) is 0 Å².